The molecule has 12 rings (SSSR count). The van der Waals surface area contributed by atoms with Gasteiger partial charge in [0, 0.05) is 21.9 Å². The average Bonchev–Trinajstić information content (AvgIpc) is 3.77. The molecule has 56 heavy (non-hydrogen) atoms. The molecule has 3 heterocycles. The van der Waals surface area contributed by atoms with Gasteiger partial charge in [0.2, 0.25) is 0 Å². The van der Waals surface area contributed by atoms with E-state index in [-0.39, 0.29) is 6.17 Å². The number of aliphatic imine (C=N–C) groups is 2. The number of fused-ring (bicyclic) bond motifs is 12. The zero-order valence-electron chi connectivity index (χ0n) is 30.4. The molecule has 1 aromatic heterocycles. The van der Waals surface area contributed by atoms with Crippen molar-refractivity contribution < 1.29 is 0 Å². The van der Waals surface area contributed by atoms with Crippen LogP contribution in [0, 0.1) is 0 Å². The van der Waals surface area contributed by atoms with Gasteiger partial charge in [0.25, 0.3) is 0 Å². The largest absolute Gasteiger partial charge is 0.324 e. The van der Waals surface area contributed by atoms with Crippen LogP contribution in [0.25, 0.3) is 49.7 Å². The van der Waals surface area contributed by atoms with Gasteiger partial charge in [0.15, 0.2) is 6.17 Å². The zero-order valence-corrected chi connectivity index (χ0v) is 30.4. The second-order valence-corrected chi connectivity index (χ2v) is 14.9. The maximum Gasteiger partial charge on any atom is 0.169 e. The second kappa shape index (κ2) is 11.8. The van der Waals surface area contributed by atoms with Crippen LogP contribution in [0.1, 0.15) is 45.1 Å². The van der Waals surface area contributed by atoms with Gasteiger partial charge in [-0.15, -0.1) is 0 Å². The van der Waals surface area contributed by atoms with Gasteiger partial charge in [0.05, 0.1) is 22.1 Å². The van der Waals surface area contributed by atoms with Crippen molar-refractivity contribution in [3.8, 4) is 27.9 Å². The Morgan fingerprint density at radius 2 is 0.982 bits per heavy atom. The van der Waals surface area contributed by atoms with Crippen molar-refractivity contribution in [2.75, 3.05) is 0 Å². The van der Waals surface area contributed by atoms with E-state index in [1.54, 1.807) is 0 Å². The lowest BCUT2D eigenvalue weighted by Gasteiger charge is -2.39. The van der Waals surface area contributed by atoms with Gasteiger partial charge in [0.1, 0.15) is 11.7 Å². The third-order valence-electron chi connectivity index (χ3n) is 12.1. The van der Waals surface area contributed by atoms with Crippen molar-refractivity contribution in [3.63, 3.8) is 0 Å². The number of aromatic nitrogens is 1. The smallest absolute Gasteiger partial charge is 0.169 e. The molecule has 9 aromatic rings. The van der Waals surface area contributed by atoms with Crippen LogP contribution in [0.15, 0.2) is 204 Å². The molecule has 0 radical (unpaired) electrons. The fraction of sp³-hybridized carbons (Fsp3) is 0.0385. The summed E-state index contributed by atoms with van der Waals surface area (Å²) in [5, 5.41) is 6.07. The maximum atomic E-state index is 5.12. The number of hydrogen-bond donors (Lipinski definition) is 1. The highest BCUT2D eigenvalue weighted by Gasteiger charge is 2.50. The number of benzene rings is 8. The minimum Gasteiger partial charge on any atom is -0.324 e. The summed E-state index contributed by atoms with van der Waals surface area (Å²) >= 11 is 0. The molecule has 0 unspecified atom stereocenters. The van der Waals surface area contributed by atoms with Crippen LogP contribution in [0.2, 0.25) is 0 Å². The van der Waals surface area contributed by atoms with E-state index in [1.165, 1.54) is 66.4 Å². The van der Waals surface area contributed by atoms with Crippen LogP contribution >= 0.6 is 0 Å². The predicted octanol–water partition coefficient (Wildman–Crippen LogP) is 11.6. The molecular formula is C52H34N4. The molecule has 1 spiro atoms. The van der Waals surface area contributed by atoms with Crippen molar-refractivity contribution in [2.24, 2.45) is 9.98 Å². The Morgan fingerprint density at radius 3 is 1.66 bits per heavy atom. The van der Waals surface area contributed by atoms with E-state index >= 15 is 0 Å². The number of amidine groups is 2. The van der Waals surface area contributed by atoms with Crippen LogP contribution in [0.3, 0.4) is 0 Å². The highest BCUT2D eigenvalue weighted by Crippen LogP contribution is 2.61. The van der Waals surface area contributed by atoms with E-state index in [0.717, 1.165) is 33.9 Å². The summed E-state index contributed by atoms with van der Waals surface area (Å²) < 4.78 is 2.52. The van der Waals surface area contributed by atoms with Crippen LogP contribution in [-0.4, -0.2) is 16.2 Å². The van der Waals surface area contributed by atoms with Crippen LogP contribution in [0.4, 0.5) is 0 Å². The summed E-state index contributed by atoms with van der Waals surface area (Å²) in [6, 6.07) is 70.4. The Morgan fingerprint density at radius 1 is 0.429 bits per heavy atom. The summed E-state index contributed by atoms with van der Waals surface area (Å²) in [5.74, 6) is 1.63. The van der Waals surface area contributed by atoms with Crippen molar-refractivity contribution in [3.05, 3.63) is 233 Å². The van der Waals surface area contributed by atoms with Gasteiger partial charge in [-0.1, -0.05) is 182 Å². The fourth-order valence-corrected chi connectivity index (χ4v) is 9.68. The lowest BCUT2D eigenvalue weighted by Crippen LogP contribution is -2.35. The first-order valence-electron chi connectivity index (χ1n) is 19.3. The summed E-state index contributed by atoms with van der Waals surface area (Å²) in [6.07, 6.45) is -0.377. The minimum atomic E-state index is -0.452. The third-order valence-corrected chi connectivity index (χ3v) is 12.1. The molecule has 1 aliphatic carbocycles. The highest BCUT2D eigenvalue weighted by molar-refractivity contribution is 6.16. The van der Waals surface area contributed by atoms with Gasteiger partial charge in [-0.05, 0) is 62.2 Å². The molecule has 0 bridgehead atoms. The predicted molar refractivity (Wildman–Crippen MR) is 229 cm³/mol. The Balaban J connectivity index is 1.04. The molecular weight excluding hydrogens is 681 g/mol. The normalized spacial score (nSPS) is 14.9. The van der Waals surface area contributed by atoms with E-state index < -0.39 is 5.41 Å². The van der Waals surface area contributed by atoms with Crippen molar-refractivity contribution >= 4 is 33.5 Å². The number of hydrogen-bond acceptors (Lipinski definition) is 3. The van der Waals surface area contributed by atoms with E-state index in [1.807, 2.05) is 36.4 Å². The molecule has 2 aliphatic heterocycles. The van der Waals surface area contributed by atoms with Crippen molar-refractivity contribution in [1.29, 1.82) is 0 Å². The summed E-state index contributed by atoms with van der Waals surface area (Å²) in [5.41, 5.74) is 16.6. The summed E-state index contributed by atoms with van der Waals surface area (Å²) in [4.78, 5) is 10.2. The van der Waals surface area contributed by atoms with E-state index in [0.29, 0.717) is 0 Å². The minimum absolute atomic E-state index is 0.377. The number of para-hydroxylation sites is 2. The molecule has 0 saturated carbocycles. The van der Waals surface area contributed by atoms with Gasteiger partial charge >= 0.3 is 0 Å². The molecule has 8 aromatic carbocycles. The highest BCUT2D eigenvalue weighted by atomic mass is 15.2. The molecule has 1 N–H and O–H groups in total. The van der Waals surface area contributed by atoms with Gasteiger partial charge in [-0.25, -0.2) is 9.98 Å². The first-order chi connectivity index (χ1) is 27.8. The van der Waals surface area contributed by atoms with Crippen LogP contribution in [-0.2, 0) is 5.41 Å². The number of nitrogens with one attached hydrogen (secondary N) is 1. The first-order valence-corrected chi connectivity index (χ1v) is 19.3. The maximum absolute atomic E-state index is 5.12. The van der Waals surface area contributed by atoms with E-state index in [4.69, 9.17) is 9.98 Å². The first kappa shape index (κ1) is 31.1. The topological polar surface area (TPSA) is 41.7 Å². The molecule has 0 saturated heterocycles. The average molecular weight is 715 g/mol. The Hall–Kier alpha value is -7.30. The van der Waals surface area contributed by atoms with Gasteiger partial charge in [-0.3, -0.25) is 0 Å². The molecule has 0 fully saturated rings. The summed E-state index contributed by atoms with van der Waals surface area (Å²) in [7, 11) is 0. The fourth-order valence-electron chi connectivity index (χ4n) is 9.68. The standard InChI is InChI=1S/C52H34N4/c1-3-14-34(15-4-1)49-53-50(35-16-5-2-6-17-35)55-51(54-49)36-28-26-33(27-29-36)37-30-31-44-47(32-37)56-46-25-12-9-20-40(46)41-21-13-24-45(48(41)56)52(44)42-22-10-7-18-38(42)39-19-8-11-23-43(39)52/h1-32,51H,(H,53,54,55). The van der Waals surface area contributed by atoms with E-state index in [2.05, 4.69) is 168 Å². The SMILES string of the molecule is c1ccc(C2=NC(c3ccc(-c4ccc5c(c4)-n4c6ccccc6c6cccc(c64)C54c5ccccc5-c5ccccc54)cc3)N=C(c3ccccc3)N2)cc1. The molecule has 3 aliphatic rings. The quantitative estimate of drug-likeness (QED) is 0.194. The Bertz CT molecular complexity index is 3000. The van der Waals surface area contributed by atoms with Crippen molar-refractivity contribution in [1.82, 2.24) is 9.88 Å². The zero-order chi connectivity index (χ0) is 36.8. The van der Waals surface area contributed by atoms with Crippen LogP contribution < -0.4 is 5.32 Å². The lowest BCUT2D eigenvalue weighted by atomic mass is 9.65. The number of nitrogens with zero attached hydrogens (tertiary/aromatic N) is 3. The van der Waals surface area contributed by atoms with E-state index in [9.17, 15) is 0 Å². The van der Waals surface area contributed by atoms with Gasteiger partial charge in [-0.2, -0.15) is 0 Å². The number of rotatable bonds is 4. The third kappa shape index (κ3) is 4.29. The monoisotopic (exact) mass is 714 g/mol. The Labute approximate surface area is 324 Å². The van der Waals surface area contributed by atoms with Crippen molar-refractivity contribution in [2.45, 2.75) is 11.6 Å². The molecule has 4 nitrogen and oxygen atoms in total. The molecule has 0 atom stereocenters. The van der Waals surface area contributed by atoms with Gasteiger partial charge < -0.3 is 9.88 Å². The van der Waals surface area contributed by atoms with Crippen LogP contribution in [0.5, 0.6) is 0 Å². The molecule has 262 valence electrons. The molecule has 0 amide bonds. The second-order valence-electron chi connectivity index (χ2n) is 14.9. The summed E-state index contributed by atoms with van der Waals surface area (Å²) in [6.45, 7) is 0. The Kier molecular flexibility index (Phi) is 6.58. The lowest BCUT2D eigenvalue weighted by molar-refractivity contribution is 0.748. The molecule has 4 heteroatoms.